The van der Waals surface area contributed by atoms with E-state index in [1.165, 1.54) is 0 Å². The Labute approximate surface area is 146 Å². The van der Waals surface area contributed by atoms with Crippen LogP contribution in [0.15, 0.2) is 42.5 Å². The molecular formula is C16H18Cl2N2O2S. The standard InChI is InChI=1S/C16H18Cl2N2O2S/c1-2-23(21,22)20-15-7-5-14(6-8-15)19-10-9-12-3-4-13(17)11-16(12)18/h3-8,11,19-20H,2,9-10H2,1H3. The molecule has 0 fully saturated rings. The van der Waals surface area contributed by atoms with Crippen molar-refractivity contribution in [3.05, 3.63) is 58.1 Å². The number of rotatable bonds is 7. The van der Waals surface area contributed by atoms with Gasteiger partial charge in [-0.25, -0.2) is 8.42 Å². The summed E-state index contributed by atoms with van der Waals surface area (Å²) in [5.41, 5.74) is 2.49. The van der Waals surface area contributed by atoms with Gasteiger partial charge in [-0.05, 0) is 55.3 Å². The van der Waals surface area contributed by atoms with Crippen molar-refractivity contribution in [2.75, 3.05) is 22.3 Å². The zero-order chi connectivity index (χ0) is 16.9. The van der Waals surface area contributed by atoms with Gasteiger partial charge in [0.1, 0.15) is 0 Å². The van der Waals surface area contributed by atoms with E-state index in [2.05, 4.69) is 10.0 Å². The first-order chi connectivity index (χ1) is 10.9. The average Bonchev–Trinajstić information content (AvgIpc) is 2.51. The van der Waals surface area contributed by atoms with E-state index in [9.17, 15) is 8.42 Å². The minimum Gasteiger partial charge on any atom is -0.385 e. The molecule has 2 aromatic rings. The van der Waals surface area contributed by atoms with Gasteiger partial charge in [0.05, 0.1) is 5.75 Å². The zero-order valence-corrected chi connectivity index (χ0v) is 15.0. The number of hydrogen-bond donors (Lipinski definition) is 2. The second-order valence-electron chi connectivity index (χ2n) is 5.00. The van der Waals surface area contributed by atoms with Crippen LogP contribution in [-0.2, 0) is 16.4 Å². The lowest BCUT2D eigenvalue weighted by Gasteiger charge is -2.10. The lowest BCUT2D eigenvalue weighted by molar-refractivity contribution is 0.602. The van der Waals surface area contributed by atoms with Crippen LogP contribution in [-0.4, -0.2) is 20.7 Å². The van der Waals surface area contributed by atoms with Gasteiger partial charge >= 0.3 is 0 Å². The highest BCUT2D eigenvalue weighted by Gasteiger charge is 2.06. The van der Waals surface area contributed by atoms with Crippen molar-refractivity contribution in [1.29, 1.82) is 0 Å². The van der Waals surface area contributed by atoms with Crippen LogP contribution in [0, 0.1) is 0 Å². The van der Waals surface area contributed by atoms with E-state index in [0.29, 0.717) is 22.3 Å². The lowest BCUT2D eigenvalue weighted by Crippen LogP contribution is -2.14. The van der Waals surface area contributed by atoms with Crippen molar-refractivity contribution in [2.45, 2.75) is 13.3 Å². The molecule has 2 aromatic carbocycles. The maximum Gasteiger partial charge on any atom is 0.232 e. The molecule has 23 heavy (non-hydrogen) atoms. The summed E-state index contributed by atoms with van der Waals surface area (Å²) >= 11 is 12.0. The Morgan fingerprint density at radius 3 is 2.26 bits per heavy atom. The van der Waals surface area contributed by atoms with Crippen LogP contribution in [0.4, 0.5) is 11.4 Å². The summed E-state index contributed by atoms with van der Waals surface area (Å²) in [7, 11) is -3.24. The van der Waals surface area contributed by atoms with Gasteiger partial charge in [-0.3, -0.25) is 4.72 Å². The summed E-state index contributed by atoms with van der Waals surface area (Å²) in [6.07, 6.45) is 0.764. The Kier molecular flexibility index (Phi) is 6.16. The van der Waals surface area contributed by atoms with E-state index < -0.39 is 10.0 Å². The fraction of sp³-hybridized carbons (Fsp3) is 0.250. The molecule has 0 saturated heterocycles. The third-order valence-electron chi connectivity index (χ3n) is 3.28. The monoisotopic (exact) mass is 372 g/mol. The van der Waals surface area contributed by atoms with Gasteiger partial charge in [0.15, 0.2) is 0 Å². The summed E-state index contributed by atoms with van der Waals surface area (Å²) in [5, 5.41) is 4.55. The largest absolute Gasteiger partial charge is 0.385 e. The number of nitrogens with one attached hydrogen (secondary N) is 2. The number of benzene rings is 2. The van der Waals surface area contributed by atoms with Crippen LogP contribution >= 0.6 is 23.2 Å². The van der Waals surface area contributed by atoms with Crippen LogP contribution in [0.3, 0.4) is 0 Å². The summed E-state index contributed by atoms with van der Waals surface area (Å²) in [6, 6.07) is 12.6. The van der Waals surface area contributed by atoms with Crippen LogP contribution in [0.25, 0.3) is 0 Å². The quantitative estimate of drug-likeness (QED) is 0.756. The Balaban J connectivity index is 1.89. The molecule has 0 aliphatic rings. The minimum absolute atomic E-state index is 0.0504. The van der Waals surface area contributed by atoms with Gasteiger partial charge in [-0.1, -0.05) is 29.3 Å². The Morgan fingerprint density at radius 2 is 1.65 bits per heavy atom. The van der Waals surface area contributed by atoms with E-state index in [-0.39, 0.29) is 5.75 Å². The van der Waals surface area contributed by atoms with Gasteiger partial charge in [0, 0.05) is 28.0 Å². The number of sulfonamides is 1. The van der Waals surface area contributed by atoms with Crippen molar-refractivity contribution >= 4 is 44.6 Å². The van der Waals surface area contributed by atoms with Gasteiger partial charge in [0.2, 0.25) is 10.0 Å². The molecule has 124 valence electrons. The van der Waals surface area contributed by atoms with Crippen LogP contribution in [0.1, 0.15) is 12.5 Å². The Hall–Kier alpha value is -1.43. The molecule has 0 aromatic heterocycles. The van der Waals surface area contributed by atoms with Crippen molar-refractivity contribution in [1.82, 2.24) is 0 Å². The number of hydrogen-bond acceptors (Lipinski definition) is 3. The molecule has 7 heteroatoms. The van der Waals surface area contributed by atoms with Gasteiger partial charge in [0.25, 0.3) is 0 Å². The molecule has 0 unspecified atom stereocenters. The summed E-state index contributed by atoms with van der Waals surface area (Å²) < 4.78 is 25.5. The first-order valence-corrected chi connectivity index (χ1v) is 9.59. The molecule has 0 atom stereocenters. The summed E-state index contributed by atoms with van der Waals surface area (Å²) in [6.45, 7) is 2.31. The first kappa shape index (κ1) is 17.9. The smallest absolute Gasteiger partial charge is 0.232 e. The van der Waals surface area contributed by atoms with Gasteiger partial charge in [-0.2, -0.15) is 0 Å². The molecular weight excluding hydrogens is 355 g/mol. The first-order valence-electron chi connectivity index (χ1n) is 7.18. The molecule has 2 N–H and O–H groups in total. The Bertz CT molecular complexity index is 762. The molecule has 0 aliphatic heterocycles. The highest BCUT2D eigenvalue weighted by atomic mass is 35.5. The molecule has 0 amide bonds. The van der Waals surface area contributed by atoms with E-state index in [1.807, 2.05) is 24.3 Å². The molecule has 4 nitrogen and oxygen atoms in total. The van der Waals surface area contributed by atoms with E-state index >= 15 is 0 Å². The van der Waals surface area contributed by atoms with Crippen LogP contribution < -0.4 is 10.0 Å². The minimum atomic E-state index is -3.24. The number of anilines is 2. The summed E-state index contributed by atoms with van der Waals surface area (Å²) in [5.74, 6) is 0.0504. The molecule has 0 radical (unpaired) electrons. The van der Waals surface area contributed by atoms with Crippen molar-refractivity contribution in [3.63, 3.8) is 0 Å². The second-order valence-corrected chi connectivity index (χ2v) is 7.85. The maximum absolute atomic E-state index is 11.5. The predicted molar refractivity (Wildman–Crippen MR) is 98.2 cm³/mol. The topological polar surface area (TPSA) is 58.2 Å². The van der Waals surface area contributed by atoms with Crippen LogP contribution in [0.5, 0.6) is 0 Å². The third-order valence-corrected chi connectivity index (χ3v) is 5.17. The highest BCUT2D eigenvalue weighted by molar-refractivity contribution is 7.92. The predicted octanol–water partition coefficient (Wildman–Crippen LogP) is 4.41. The molecule has 0 bridgehead atoms. The molecule has 0 heterocycles. The van der Waals surface area contributed by atoms with Crippen molar-refractivity contribution in [3.8, 4) is 0 Å². The summed E-state index contributed by atoms with van der Waals surface area (Å²) in [4.78, 5) is 0. The van der Waals surface area contributed by atoms with E-state index in [1.54, 1.807) is 25.1 Å². The third kappa shape index (κ3) is 5.61. The van der Waals surface area contributed by atoms with E-state index in [0.717, 1.165) is 17.7 Å². The lowest BCUT2D eigenvalue weighted by atomic mass is 10.1. The molecule has 2 rings (SSSR count). The van der Waals surface area contributed by atoms with Crippen molar-refractivity contribution in [2.24, 2.45) is 0 Å². The van der Waals surface area contributed by atoms with E-state index in [4.69, 9.17) is 23.2 Å². The maximum atomic E-state index is 11.5. The van der Waals surface area contributed by atoms with Gasteiger partial charge < -0.3 is 5.32 Å². The number of halogens is 2. The highest BCUT2D eigenvalue weighted by Crippen LogP contribution is 2.21. The zero-order valence-electron chi connectivity index (χ0n) is 12.6. The molecule has 0 saturated carbocycles. The average molecular weight is 373 g/mol. The fourth-order valence-electron chi connectivity index (χ4n) is 1.97. The SMILES string of the molecule is CCS(=O)(=O)Nc1ccc(NCCc2ccc(Cl)cc2Cl)cc1. The fourth-order valence-corrected chi connectivity index (χ4v) is 3.12. The normalized spacial score (nSPS) is 11.3. The second kappa shape index (κ2) is 7.90. The van der Waals surface area contributed by atoms with Crippen molar-refractivity contribution < 1.29 is 8.42 Å². The van der Waals surface area contributed by atoms with Crippen LogP contribution in [0.2, 0.25) is 10.0 Å². The molecule has 0 spiro atoms. The molecule has 0 aliphatic carbocycles. The van der Waals surface area contributed by atoms with Gasteiger partial charge in [-0.15, -0.1) is 0 Å². The Morgan fingerprint density at radius 1 is 1.00 bits per heavy atom.